The second-order valence-corrected chi connectivity index (χ2v) is 7.43. The third-order valence-corrected chi connectivity index (χ3v) is 4.66. The Bertz CT molecular complexity index is 695. The van der Waals surface area contributed by atoms with Crippen LogP contribution in [0.15, 0.2) is 30.5 Å². The second-order valence-electron chi connectivity index (χ2n) is 7.43. The Hall–Kier alpha value is -2.21. The Labute approximate surface area is 156 Å². The van der Waals surface area contributed by atoms with E-state index in [9.17, 15) is 0 Å². The number of hydrogen-bond donors (Lipinski definition) is 1. The third kappa shape index (κ3) is 4.91. The topological polar surface area (TPSA) is 57.2 Å². The molecule has 0 aliphatic carbocycles. The number of anilines is 2. The van der Waals surface area contributed by atoms with Gasteiger partial charge in [0.1, 0.15) is 17.5 Å². The monoisotopic (exact) mass is 354 g/mol. The lowest BCUT2D eigenvalue weighted by Gasteiger charge is -2.36. The van der Waals surface area contributed by atoms with E-state index in [1.807, 2.05) is 25.3 Å². The molecule has 0 spiro atoms. The van der Waals surface area contributed by atoms with Gasteiger partial charge in [0.15, 0.2) is 0 Å². The number of aromatic nitrogens is 3. The molecular formula is C20H30N6. The molecule has 3 rings (SSSR count). The molecule has 1 unspecified atom stereocenters. The lowest BCUT2D eigenvalue weighted by atomic mass is 10.2. The summed E-state index contributed by atoms with van der Waals surface area (Å²) in [5.74, 6) is 3.26. The number of nitrogens with zero attached hydrogens (tertiary/aromatic N) is 5. The predicted molar refractivity (Wildman–Crippen MR) is 107 cm³/mol. The highest BCUT2D eigenvalue weighted by Crippen LogP contribution is 2.16. The van der Waals surface area contributed by atoms with Gasteiger partial charge in [0, 0.05) is 62.6 Å². The van der Waals surface area contributed by atoms with Gasteiger partial charge >= 0.3 is 0 Å². The molecule has 0 radical (unpaired) electrons. The summed E-state index contributed by atoms with van der Waals surface area (Å²) in [6, 6.07) is 8.47. The van der Waals surface area contributed by atoms with E-state index in [0.29, 0.717) is 12.0 Å². The van der Waals surface area contributed by atoms with Gasteiger partial charge in [-0.15, -0.1) is 0 Å². The van der Waals surface area contributed by atoms with Gasteiger partial charge in [-0.25, -0.2) is 15.0 Å². The van der Waals surface area contributed by atoms with Crippen molar-refractivity contribution in [3.05, 3.63) is 42.0 Å². The molecule has 0 bridgehead atoms. The summed E-state index contributed by atoms with van der Waals surface area (Å²) in [6.07, 6.45) is 1.86. The molecule has 0 aromatic carbocycles. The van der Waals surface area contributed by atoms with E-state index in [1.54, 1.807) is 0 Å². The summed E-state index contributed by atoms with van der Waals surface area (Å²) in [4.78, 5) is 18.5. The van der Waals surface area contributed by atoms with Crippen molar-refractivity contribution < 1.29 is 0 Å². The Balaban J connectivity index is 1.51. The molecule has 0 saturated carbocycles. The van der Waals surface area contributed by atoms with Crippen molar-refractivity contribution >= 4 is 11.6 Å². The van der Waals surface area contributed by atoms with Crippen LogP contribution in [-0.2, 0) is 0 Å². The molecule has 1 fully saturated rings. The van der Waals surface area contributed by atoms with Crippen LogP contribution in [0.3, 0.4) is 0 Å². The number of pyridine rings is 1. The van der Waals surface area contributed by atoms with Crippen molar-refractivity contribution in [2.24, 2.45) is 0 Å². The van der Waals surface area contributed by atoms with Crippen molar-refractivity contribution in [2.45, 2.75) is 39.7 Å². The Morgan fingerprint density at radius 3 is 2.50 bits per heavy atom. The van der Waals surface area contributed by atoms with Crippen LogP contribution in [0.2, 0.25) is 0 Å². The van der Waals surface area contributed by atoms with Crippen molar-refractivity contribution in [1.82, 2.24) is 19.9 Å². The maximum absolute atomic E-state index is 4.66. The summed E-state index contributed by atoms with van der Waals surface area (Å²) < 4.78 is 0. The SMILES string of the molecule is Cc1cc(NC(C)CN2CCN(c3ccccn3)CC2)nc(C(C)C)n1. The number of aryl methyl sites for hydroxylation is 1. The van der Waals surface area contributed by atoms with Crippen LogP contribution >= 0.6 is 0 Å². The summed E-state index contributed by atoms with van der Waals surface area (Å²) in [5, 5.41) is 3.55. The molecule has 6 heteroatoms. The Morgan fingerprint density at radius 1 is 1.08 bits per heavy atom. The summed E-state index contributed by atoms with van der Waals surface area (Å²) in [5.41, 5.74) is 1.02. The standard InChI is InChI=1S/C20H30N6/c1-15(2)20-23-16(3)13-18(24-20)22-17(4)14-25-9-11-26(12-10-25)19-7-5-6-8-21-19/h5-8,13,15,17H,9-12,14H2,1-4H3,(H,22,23,24). The lowest BCUT2D eigenvalue weighted by molar-refractivity contribution is 0.250. The first-order valence-electron chi connectivity index (χ1n) is 9.51. The van der Waals surface area contributed by atoms with Crippen LogP contribution in [0.25, 0.3) is 0 Å². The van der Waals surface area contributed by atoms with Gasteiger partial charge in [0.05, 0.1) is 0 Å². The van der Waals surface area contributed by atoms with E-state index in [4.69, 9.17) is 0 Å². The average molecular weight is 355 g/mol. The molecule has 2 aromatic heterocycles. The summed E-state index contributed by atoms with van der Waals surface area (Å²) >= 11 is 0. The molecule has 1 N–H and O–H groups in total. The van der Waals surface area contributed by atoms with Crippen molar-refractivity contribution in [2.75, 3.05) is 42.9 Å². The number of hydrogen-bond acceptors (Lipinski definition) is 6. The van der Waals surface area contributed by atoms with Crippen LogP contribution in [0.1, 0.15) is 38.2 Å². The quantitative estimate of drug-likeness (QED) is 0.861. The first-order valence-corrected chi connectivity index (χ1v) is 9.51. The maximum Gasteiger partial charge on any atom is 0.133 e. The predicted octanol–water partition coefficient (Wildman–Crippen LogP) is 2.93. The highest BCUT2D eigenvalue weighted by Gasteiger charge is 2.19. The Morgan fingerprint density at radius 2 is 1.85 bits per heavy atom. The average Bonchev–Trinajstić information content (AvgIpc) is 2.62. The number of nitrogens with one attached hydrogen (secondary N) is 1. The van der Waals surface area contributed by atoms with Crippen LogP contribution in [0.5, 0.6) is 0 Å². The normalized spacial score (nSPS) is 16.7. The van der Waals surface area contributed by atoms with E-state index in [-0.39, 0.29) is 0 Å². The second kappa shape index (κ2) is 8.45. The fourth-order valence-electron chi connectivity index (χ4n) is 3.31. The van der Waals surface area contributed by atoms with Gasteiger partial charge in [0.25, 0.3) is 0 Å². The lowest BCUT2D eigenvalue weighted by Crippen LogP contribution is -2.49. The maximum atomic E-state index is 4.66. The summed E-state index contributed by atoms with van der Waals surface area (Å²) in [7, 11) is 0. The highest BCUT2D eigenvalue weighted by molar-refractivity contribution is 5.39. The van der Waals surface area contributed by atoms with Gasteiger partial charge in [0.2, 0.25) is 0 Å². The van der Waals surface area contributed by atoms with Crippen molar-refractivity contribution in [1.29, 1.82) is 0 Å². The molecule has 1 aliphatic heterocycles. The number of piperazine rings is 1. The van der Waals surface area contributed by atoms with Gasteiger partial charge < -0.3 is 10.2 Å². The smallest absolute Gasteiger partial charge is 0.133 e. The molecule has 2 aromatic rings. The van der Waals surface area contributed by atoms with E-state index < -0.39 is 0 Å². The van der Waals surface area contributed by atoms with Crippen LogP contribution in [-0.4, -0.2) is 58.6 Å². The minimum atomic E-state index is 0.338. The zero-order chi connectivity index (χ0) is 18.5. The molecule has 3 heterocycles. The highest BCUT2D eigenvalue weighted by atomic mass is 15.3. The van der Waals surface area contributed by atoms with E-state index in [0.717, 1.165) is 55.9 Å². The third-order valence-electron chi connectivity index (χ3n) is 4.66. The molecule has 1 aliphatic rings. The molecule has 6 nitrogen and oxygen atoms in total. The molecular weight excluding hydrogens is 324 g/mol. The van der Waals surface area contributed by atoms with Gasteiger partial charge in [-0.2, -0.15) is 0 Å². The minimum Gasteiger partial charge on any atom is -0.366 e. The molecule has 1 saturated heterocycles. The molecule has 0 amide bonds. The van der Waals surface area contributed by atoms with Gasteiger partial charge in [-0.3, -0.25) is 4.90 Å². The summed E-state index contributed by atoms with van der Waals surface area (Å²) in [6.45, 7) is 13.7. The zero-order valence-electron chi connectivity index (χ0n) is 16.3. The fraction of sp³-hybridized carbons (Fsp3) is 0.550. The Kier molecular flexibility index (Phi) is 6.04. The fourth-order valence-corrected chi connectivity index (χ4v) is 3.31. The molecule has 26 heavy (non-hydrogen) atoms. The van der Waals surface area contributed by atoms with Crippen LogP contribution in [0, 0.1) is 6.92 Å². The number of rotatable bonds is 6. The largest absolute Gasteiger partial charge is 0.366 e. The first-order chi connectivity index (χ1) is 12.5. The van der Waals surface area contributed by atoms with E-state index >= 15 is 0 Å². The van der Waals surface area contributed by atoms with E-state index in [1.165, 1.54) is 0 Å². The molecule has 1 atom stereocenters. The van der Waals surface area contributed by atoms with Crippen molar-refractivity contribution in [3.63, 3.8) is 0 Å². The first kappa shape index (κ1) is 18.6. The van der Waals surface area contributed by atoms with Gasteiger partial charge in [-0.1, -0.05) is 19.9 Å². The van der Waals surface area contributed by atoms with Crippen molar-refractivity contribution in [3.8, 4) is 0 Å². The van der Waals surface area contributed by atoms with Gasteiger partial charge in [-0.05, 0) is 26.0 Å². The van der Waals surface area contributed by atoms with Crippen LogP contribution < -0.4 is 10.2 Å². The zero-order valence-corrected chi connectivity index (χ0v) is 16.3. The van der Waals surface area contributed by atoms with E-state index in [2.05, 4.69) is 63.0 Å². The molecule has 140 valence electrons. The minimum absolute atomic E-state index is 0.338. The van der Waals surface area contributed by atoms with Crippen LogP contribution in [0.4, 0.5) is 11.6 Å².